The van der Waals surface area contributed by atoms with E-state index in [4.69, 9.17) is 5.73 Å². The van der Waals surface area contributed by atoms with Crippen LogP contribution in [-0.4, -0.2) is 20.2 Å². The average molecular weight is 324 g/mol. The fraction of sp³-hybridized carbons (Fsp3) is 0.455. The minimum atomic E-state index is -3.31. The van der Waals surface area contributed by atoms with Gasteiger partial charge in [0.1, 0.15) is 5.82 Å². The maximum absolute atomic E-state index is 13.2. The maximum Gasteiger partial charge on any atom is 0.156 e. The first-order valence-corrected chi connectivity index (χ1v) is 7.86. The molecule has 17 heavy (non-hydrogen) atoms. The second kappa shape index (κ2) is 5.93. The third-order valence-electron chi connectivity index (χ3n) is 2.40. The molecule has 96 valence electrons. The van der Waals surface area contributed by atoms with Crippen molar-refractivity contribution in [2.75, 3.05) is 5.75 Å². The molecule has 0 saturated heterocycles. The fourth-order valence-corrected chi connectivity index (χ4v) is 3.71. The summed E-state index contributed by atoms with van der Waals surface area (Å²) in [5, 5.41) is 0. The number of hydrogen-bond acceptors (Lipinski definition) is 3. The first-order valence-electron chi connectivity index (χ1n) is 5.24. The van der Waals surface area contributed by atoms with E-state index in [0.29, 0.717) is 12.0 Å². The van der Waals surface area contributed by atoms with E-state index in [9.17, 15) is 12.8 Å². The Morgan fingerprint density at radius 1 is 1.47 bits per heavy atom. The Morgan fingerprint density at radius 2 is 2.12 bits per heavy atom. The van der Waals surface area contributed by atoms with Gasteiger partial charge in [-0.1, -0.05) is 19.1 Å². The van der Waals surface area contributed by atoms with E-state index in [1.165, 1.54) is 12.1 Å². The smallest absolute Gasteiger partial charge is 0.156 e. The predicted molar refractivity (Wildman–Crippen MR) is 69.9 cm³/mol. The molecule has 0 aliphatic rings. The van der Waals surface area contributed by atoms with Crippen LogP contribution in [0.2, 0.25) is 0 Å². The van der Waals surface area contributed by atoms with E-state index in [-0.39, 0.29) is 22.0 Å². The Kier molecular flexibility index (Phi) is 5.09. The molecule has 1 rings (SSSR count). The van der Waals surface area contributed by atoms with Crippen molar-refractivity contribution in [1.29, 1.82) is 0 Å². The van der Waals surface area contributed by atoms with Crippen molar-refractivity contribution in [1.82, 2.24) is 0 Å². The first-order chi connectivity index (χ1) is 7.85. The number of nitrogens with two attached hydrogens (primary N) is 1. The summed E-state index contributed by atoms with van der Waals surface area (Å²) in [6, 6.07) is 3.98. The van der Waals surface area contributed by atoms with Gasteiger partial charge < -0.3 is 5.73 Å². The van der Waals surface area contributed by atoms with Gasteiger partial charge in [-0.2, -0.15) is 0 Å². The number of halogens is 2. The average Bonchev–Trinajstić information content (AvgIpc) is 2.23. The van der Waals surface area contributed by atoms with Crippen molar-refractivity contribution >= 4 is 25.8 Å². The highest BCUT2D eigenvalue weighted by Crippen LogP contribution is 2.22. The molecule has 1 atom stereocenters. The van der Waals surface area contributed by atoms with Crippen LogP contribution in [0.4, 0.5) is 4.39 Å². The third-order valence-corrected chi connectivity index (χ3v) is 4.97. The van der Waals surface area contributed by atoms with Crippen LogP contribution in [0.5, 0.6) is 0 Å². The molecule has 0 aliphatic heterocycles. The van der Waals surface area contributed by atoms with E-state index in [2.05, 4.69) is 15.9 Å². The van der Waals surface area contributed by atoms with Gasteiger partial charge >= 0.3 is 0 Å². The number of hydrogen-bond donors (Lipinski definition) is 1. The topological polar surface area (TPSA) is 60.2 Å². The van der Waals surface area contributed by atoms with Gasteiger partial charge in [-0.25, -0.2) is 12.8 Å². The second-order valence-corrected chi connectivity index (χ2v) is 6.84. The van der Waals surface area contributed by atoms with E-state index in [1.54, 1.807) is 6.07 Å². The number of rotatable bonds is 5. The Balaban J connectivity index is 2.87. The van der Waals surface area contributed by atoms with Crippen molar-refractivity contribution < 1.29 is 12.8 Å². The highest BCUT2D eigenvalue weighted by molar-refractivity contribution is 9.10. The molecule has 0 fully saturated rings. The third kappa shape index (κ3) is 4.37. The molecule has 1 unspecified atom stereocenters. The lowest BCUT2D eigenvalue weighted by atomic mass is 10.2. The Bertz CT molecular complexity index is 490. The first kappa shape index (κ1) is 14.6. The molecule has 0 aliphatic carbocycles. The molecule has 1 aromatic carbocycles. The quantitative estimate of drug-likeness (QED) is 0.904. The molecule has 0 bridgehead atoms. The summed E-state index contributed by atoms with van der Waals surface area (Å²) in [6.07, 6.45) is 0.601. The molecule has 1 aromatic rings. The lowest BCUT2D eigenvalue weighted by Gasteiger charge is -2.10. The van der Waals surface area contributed by atoms with Gasteiger partial charge in [0.2, 0.25) is 0 Å². The standard InChI is InChI=1S/C11H15BrFNO2S/c1-2-9(14)7-17(15,16)6-8-4-3-5-10(13)11(8)12/h3-5,9H,2,6-7,14H2,1H3. The van der Waals surface area contributed by atoms with Crippen LogP contribution in [-0.2, 0) is 15.6 Å². The SMILES string of the molecule is CCC(N)CS(=O)(=O)Cc1cccc(F)c1Br. The number of benzene rings is 1. The molecule has 0 aromatic heterocycles. The van der Waals surface area contributed by atoms with Crippen molar-refractivity contribution in [3.05, 3.63) is 34.1 Å². The molecule has 6 heteroatoms. The predicted octanol–water partition coefficient (Wildman–Crippen LogP) is 2.24. The van der Waals surface area contributed by atoms with Gasteiger partial charge in [-0.15, -0.1) is 0 Å². The van der Waals surface area contributed by atoms with E-state index >= 15 is 0 Å². The summed E-state index contributed by atoms with van der Waals surface area (Å²) in [5.74, 6) is -0.733. The van der Waals surface area contributed by atoms with Crippen LogP contribution in [0.1, 0.15) is 18.9 Å². The van der Waals surface area contributed by atoms with Gasteiger partial charge in [-0.3, -0.25) is 0 Å². The van der Waals surface area contributed by atoms with Crippen LogP contribution in [0, 0.1) is 5.82 Å². The van der Waals surface area contributed by atoms with Crippen molar-refractivity contribution in [2.24, 2.45) is 5.73 Å². The Hall–Kier alpha value is -0.460. The zero-order valence-corrected chi connectivity index (χ0v) is 11.9. The summed E-state index contributed by atoms with van der Waals surface area (Å²) < 4.78 is 37.0. The van der Waals surface area contributed by atoms with E-state index < -0.39 is 15.7 Å². The summed E-state index contributed by atoms with van der Waals surface area (Å²) in [4.78, 5) is 0. The maximum atomic E-state index is 13.2. The zero-order chi connectivity index (χ0) is 13.1. The highest BCUT2D eigenvalue weighted by atomic mass is 79.9. The monoisotopic (exact) mass is 323 g/mol. The molecule has 0 heterocycles. The second-order valence-electron chi connectivity index (χ2n) is 3.94. The lowest BCUT2D eigenvalue weighted by Crippen LogP contribution is -2.29. The molecule has 0 saturated carbocycles. The summed E-state index contributed by atoms with van der Waals surface area (Å²) in [6.45, 7) is 1.83. The minimum Gasteiger partial charge on any atom is -0.327 e. The van der Waals surface area contributed by atoms with Gasteiger partial charge in [0.25, 0.3) is 0 Å². The summed E-state index contributed by atoms with van der Waals surface area (Å²) in [5.41, 5.74) is 6.04. The van der Waals surface area contributed by atoms with Gasteiger partial charge in [0, 0.05) is 6.04 Å². The Labute approximate surface area is 109 Å². The molecule has 3 nitrogen and oxygen atoms in total. The fourth-order valence-electron chi connectivity index (χ4n) is 1.40. The van der Waals surface area contributed by atoms with Crippen LogP contribution in [0.3, 0.4) is 0 Å². The van der Waals surface area contributed by atoms with Gasteiger partial charge in [-0.05, 0) is 34.0 Å². The summed E-state index contributed by atoms with van der Waals surface area (Å²) >= 11 is 3.05. The zero-order valence-electron chi connectivity index (χ0n) is 9.49. The minimum absolute atomic E-state index is 0.0769. The van der Waals surface area contributed by atoms with Crippen molar-refractivity contribution in [3.63, 3.8) is 0 Å². The molecular formula is C11H15BrFNO2S. The van der Waals surface area contributed by atoms with Crippen molar-refractivity contribution in [3.8, 4) is 0 Å². The van der Waals surface area contributed by atoms with E-state index in [1.807, 2.05) is 6.92 Å². The highest BCUT2D eigenvalue weighted by Gasteiger charge is 2.18. The molecule has 2 N–H and O–H groups in total. The van der Waals surface area contributed by atoms with Crippen LogP contribution >= 0.6 is 15.9 Å². The van der Waals surface area contributed by atoms with Crippen molar-refractivity contribution in [2.45, 2.75) is 25.1 Å². The van der Waals surface area contributed by atoms with Crippen LogP contribution in [0.25, 0.3) is 0 Å². The molecular weight excluding hydrogens is 309 g/mol. The lowest BCUT2D eigenvalue weighted by molar-refractivity contribution is 0.582. The summed E-state index contributed by atoms with van der Waals surface area (Å²) in [7, 11) is -3.31. The van der Waals surface area contributed by atoms with Crippen LogP contribution < -0.4 is 5.73 Å². The molecule has 0 amide bonds. The largest absolute Gasteiger partial charge is 0.327 e. The number of sulfone groups is 1. The van der Waals surface area contributed by atoms with Gasteiger partial charge in [0.05, 0.1) is 16.0 Å². The Morgan fingerprint density at radius 3 is 2.71 bits per heavy atom. The normalized spacial score (nSPS) is 13.6. The molecule has 0 radical (unpaired) electrons. The molecule has 0 spiro atoms. The van der Waals surface area contributed by atoms with E-state index in [0.717, 1.165) is 0 Å². The van der Waals surface area contributed by atoms with Crippen LogP contribution in [0.15, 0.2) is 22.7 Å². The van der Waals surface area contributed by atoms with Gasteiger partial charge in [0.15, 0.2) is 9.84 Å².